The molecule has 224 valence electrons. The molecule has 2 fully saturated rings. The Morgan fingerprint density at radius 2 is 1.78 bits per heavy atom. The maximum absolute atomic E-state index is 6.50. The minimum atomic E-state index is -1.79. The number of rotatable bonds is 8. The standard InChI is InChI=1S/C32H49ClN6OSi/c1-24(13-20-40-41(6,7)32(2,3)4)31-35-30(28-22-34-29(33)23-39(28)31)25-9-8-10-27(21-25)37-14-11-26(12-15-37)38-18-16-36(5)17-19-38/h8-10,21-24,26H,11-20H2,1-7H3/t24-/m0/s1. The van der Waals surface area contributed by atoms with Crippen molar-refractivity contribution in [3.8, 4) is 11.3 Å². The monoisotopic (exact) mass is 596 g/mol. The molecule has 0 radical (unpaired) electrons. The van der Waals surface area contributed by atoms with Gasteiger partial charge in [-0.25, -0.2) is 9.97 Å². The maximum Gasteiger partial charge on any atom is 0.191 e. The Morgan fingerprint density at radius 3 is 2.46 bits per heavy atom. The number of halogens is 1. The van der Waals surface area contributed by atoms with E-state index >= 15 is 0 Å². The fraction of sp³-hybridized carbons (Fsp3) is 0.625. The second-order valence-corrected chi connectivity index (χ2v) is 18.9. The number of fused-ring (bicyclic) bond motifs is 1. The number of hydrogen-bond donors (Lipinski definition) is 0. The summed E-state index contributed by atoms with van der Waals surface area (Å²) in [5, 5.41) is 0.678. The minimum Gasteiger partial charge on any atom is -0.417 e. The smallest absolute Gasteiger partial charge is 0.191 e. The highest BCUT2D eigenvalue weighted by Gasteiger charge is 2.37. The Hall–Kier alpha value is -1.97. The van der Waals surface area contributed by atoms with Crippen LogP contribution in [0.3, 0.4) is 0 Å². The van der Waals surface area contributed by atoms with Crippen molar-refractivity contribution in [2.45, 2.75) is 77.0 Å². The second kappa shape index (κ2) is 12.3. The molecule has 0 saturated carbocycles. The van der Waals surface area contributed by atoms with Gasteiger partial charge in [0.05, 0.1) is 17.4 Å². The van der Waals surface area contributed by atoms with Gasteiger partial charge in [-0.2, -0.15) is 0 Å². The molecule has 7 nitrogen and oxygen atoms in total. The summed E-state index contributed by atoms with van der Waals surface area (Å²) in [7, 11) is 0.441. The largest absolute Gasteiger partial charge is 0.417 e. The van der Waals surface area contributed by atoms with Crippen LogP contribution in [0.5, 0.6) is 0 Å². The van der Waals surface area contributed by atoms with Crippen molar-refractivity contribution < 1.29 is 4.43 Å². The van der Waals surface area contributed by atoms with Gasteiger partial charge in [-0.05, 0) is 56.6 Å². The number of piperidine rings is 1. The van der Waals surface area contributed by atoms with Gasteiger partial charge >= 0.3 is 0 Å². The first-order valence-electron chi connectivity index (χ1n) is 15.4. The molecule has 2 aliphatic rings. The lowest BCUT2D eigenvalue weighted by Crippen LogP contribution is -2.52. The van der Waals surface area contributed by atoms with Crippen molar-refractivity contribution in [3.63, 3.8) is 0 Å². The molecular weight excluding hydrogens is 548 g/mol. The summed E-state index contributed by atoms with van der Waals surface area (Å²) >= 11 is 6.38. The van der Waals surface area contributed by atoms with Crippen molar-refractivity contribution in [3.05, 3.63) is 47.6 Å². The average molecular weight is 597 g/mol. The lowest BCUT2D eigenvalue weighted by Gasteiger charge is -2.42. The first-order valence-corrected chi connectivity index (χ1v) is 18.7. The number of piperazine rings is 1. The molecule has 0 unspecified atom stereocenters. The highest BCUT2D eigenvalue weighted by molar-refractivity contribution is 6.74. The molecule has 4 heterocycles. The molecule has 41 heavy (non-hydrogen) atoms. The molecule has 2 aromatic heterocycles. The molecule has 0 spiro atoms. The van der Waals surface area contributed by atoms with Crippen molar-refractivity contribution in [1.29, 1.82) is 0 Å². The molecule has 0 N–H and O–H groups in total. The van der Waals surface area contributed by atoms with Crippen LogP contribution >= 0.6 is 11.6 Å². The molecule has 2 aliphatic heterocycles. The zero-order chi connectivity index (χ0) is 29.4. The Labute approximate surface area is 253 Å². The van der Waals surface area contributed by atoms with E-state index in [2.05, 4.69) is 96.2 Å². The fourth-order valence-electron chi connectivity index (χ4n) is 5.91. The van der Waals surface area contributed by atoms with Gasteiger partial charge in [0, 0.05) is 75.3 Å². The van der Waals surface area contributed by atoms with E-state index in [9.17, 15) is 0 Å². The van der Waals surface area contributed by atoms with Crippen molar-refractivity contribution in [2.24, 2.45) is 0 Å². The number of likely N-dealkylation sites (N-methyl/N-ethyl adjacent to an activating group) is 1. The predicted octanol–water partition coefficient (Wildman–Crippen LogP) is 6.78. The van der Waals surface area contributed by atoms with Gasteiger partial charge in [0.2, 0.25) is 0 Å². The van der Waals surface area contributed by atoms with E-state index in [1.54, 1.807) is 0 Å². The van der Waals surface area contributed by atoms with Gasteiger partial charge in [-0.15, -0.1) is 0 Å². The number of imidazole rings is 1. The highest BCUT2D eigenvalue weighted by atomic mass is 35.5. The van der Waals surface area contributed by atoms with Gasteiger partial charge in [0.1, 0.15) is 11.0 Å². The number of hydrogen-bond acceptors (Lipinski definition) is 6. The third-order valence-corrected chi connectivity index (χ3v) is 14.5. The van der Waals surface area contributed by atoms with Crippen molar-refractivity contribution >= 4 is 31.1 Å². The summed E-state index contributed by atoms with van der Waals surface area (Å²) in [6.45, 7) is 21.4. The Balaban J connectivity index is 1.32. The summed E-state index contributed by atoms with van der Waals surface area (Å²) in [6, 6.07) is 9.60. The van der Waals surface area contributed by atoms with Crippen LogP contribution in [0, 0.1) is 0 Å². The Bertz CT molecular complexity index is 1320. The molecule has 1 aromatic carbocycles. The summed E-state index contributed by atoms with van der Waals surface area (Å²) in [4.78, 5) is 17.3. The zero-order valence-corrected chi connectivity index (χ0v) is 27.9. The second-order valence-electron chi connectivity index (χ2n) is 13.7. The van der Waals surface area contributed by atoms with E-state index in [1.165, 1.54) is 44.7 Å². The molecule has 2 saturated heterocycles. The van der Waals surface area contributed by atoms with E-state index in [0.29, 0.717) is 11.2 Å². The SMILES string of the molecule is C[C@@H](CCO[Si](C)(C)C(C)(C)C)c1nc(-c2cccc(N3CCC(N4CCN(C)CC4)CC3)c2)c2cnc(Cl)cn12. The van der Waals surface area contributed by atoms with Crippen molar-refractivity contribution in [1.82, 2.24) is 24.2 Å². The van der Waals surface area contributed by atoms with Gasteiger partial charge in [-0.3, -0.25) is 9.30 Å². The molecule has 0 aliphatic carbocycles. The lowest BCUT2D eigenvalue weighted by molar-refractivity contribution is 0.0982. The lowest BCUT2D eigenvalue weighted by atomic mass is 10.0. The molecule has 3 aromatic rings. The van der Waals surface area contributed by atoms with Gasteiger partial charge < -0.3 is 14.2 Å². The summed E-state index contributed by atoms with van der Waals surface area (Å²) in [5.41, 5.74) is 4.36. The van der Waals surface area contributed by atoms with Crippen LogP contribution in [0.15, 0.2) is 36.7 Å². The van der Waals surface area contributed by atoms with Crippen LogP contribution in [0.4, 0.5) is 5.69 Å². The van der Waals surface area contributed by atoms with Crippen LogP contribution in [0.2, 0.25) is 23.3 Å². The number of anilines is 1. The Morgan fingerprint density at radius 1 is 1.07 bits per heavy atom. The van der Waals surface area contributed by atoms with Crippen LogP contribution in [-0.2, 0) is 4.43 Å². The predicted molar refractivity (Wildman–Crippen MR) is 174 cm³/mol. The topological polar surface area (TPSA) is 49.1 Å². The van der Waals surface area contributed by atoms with Crippen LogP contribution in [-0.4, -0.2) is 91.5 Å². The third kappa shape index (κ3) is 6.83. The highest BCUT2D eigenvalue weighted by Crippen LogP contribution is 2.37. The van der Waals surface area contributed by atoms with E-state index in [-0.39, 0.29) is 11.0 Å². The maximum atomic E-state index is 6.50. The molecule has 5 rings (SSSR count). The number of nitrogens with zero attached hydrogens (tertiary/aromatic N) is 6. The van der Waals surface area contributed by atoms with Crippen LogP contribution < -0.4 is 4.90 Å². The Kier molecular flexibility index (Phi) is 9.17. The quantitative estimate of drug-likeness (QED) is 0.267. The van der Waals surface area contributed by atoms with Crippen LogP contribution in [0.1, 0.15) is 58.7 Å². The molecule has 9 heteroatoms. The zero-order valence-electron chi connectivity index (χ0n) is 26.2. The van der Waals surface area contributed by atoms with Crippen LogP contribution in [0.25, 0.3) is 16.8 Å². The first kappa shape index (κ1) is 30.5. The first-order chi connectivity index (χ1) is 19.4. The summed E-state index contributed by atoms with van der Waals surface area (Å²) in [6.07, 6.45) is 7.13. The summed E-state index contributed by atoms with van der Waals surface area (Å²) in [5.74, 6) is 1.23. The number of aromatic nitrogens is 3. The fourth-order valence-corrected chi connectivity index (χ4v) is 7.12. The normalized spacial score (nSPS) is 19.3. The number of benzene rings is 1. The van der Waals surface area contributed by atoms with E-state index < -0.39 is 8.32 Å². The van der Waals surface area contributed by atoms with E-state index in [4.69, 9.17) is 21.0 Å². The molecule has 0 amide bonds. The van der Waals surface area contributed by atoms with Gasteiger partial charge in [-0.1, -0.05) is 51.4 Å². The van der Waals surface area contributed by atoms with E-state index in [1.807, 2.05) is 12.4 Å². The average Bonchev–Trinajstić information content (AvgIpc) is 3.32. The van der Waals surface area contributed by atoms with Crippen molar-refractivity contribution in [2.75, 3.05) is 57.8 Å². The third-order valence-electron chi connectivity index (χ3n) is 9.79. The van der Waals surface area contributed by atoms with Gasteiger partial charge in [0.15, 0.2) is 8.32 Å². The van der Waals surface area contributed by atoms with E-state index in [0.717, 1.165) is 48.7 Å². The minimum absolute atomic E-state index is 0.202. The molecular formula is C32H49ClN6OSi. The molecule has 1 atom stereocenters. The molecule has 0 bridgehead atoms. The summed E-state index contributed by atoms with van der Waals surface area (Å²) < 4.78 is 8.63. The van der Waals surface area contributed by atoms with Gasteiger partial charge in [0.25, 0.3) is 0 Å².